The number of nitrogens with zero attached hydrogens (tertiary/aromatic N) is 3. The zero-order valence-electron chi connectivity index (χ0n) is 11.4. The summed E-state index contributed by atoms with van der Waals surface area (Å²) in [5.41, 5.74) is 6.25. The van der Waals surface area contributed by atoms with E-state index in [1.807, 2.05) is 13.8 Å². The van der Waals surface area contributed by atoms with Crippen LogP contribution in [0.25, 0.3) is 10.2 Å². The average Bonchev–Trinajstić information content (AvgIpc) is 2.75. The summed E-state index contributed by atoms with van der Waals surface area (Å²) < 4.78 is 5.63. The molecule has 1 fully saturated rings. The molecule has 1 saturated heterocycles. The van der Waals surface area contributed by atoms with E-state index >= 15 is 0 Å². The van der Waals surface area contributed by atoms with Crippen molar-refractivity contribution < 1.29 is 9.53 Å². The summed E-state index contributed by atoms with van der Waals surface area (Å²) in [6.45, 7) is 5.65. The van der Waals surface area contributed by atoms with Gasteiger partial charge < -0.3 is 15.4 Å². The number of thiophene rings is 1. The lowest BCUT2D eigenvalue weighted by Crippen LogP contribution is -2.50. The number of fused-ring (bicyclic) bond motifs is 1. The molecule has 106 valence electrons. The average molecular weight is 292 g/mol. The molecule has 6 nitrogen and oxygen atoms in total. The van der Waals surface area contributed by atoms with Crippen LogP contribution in [-0.2, 0) is 4.74 Å². The minimum absolute atomic E-state index is 0.0538. The highest BCUT2D eigenvalue weighted by molar-refractivity contribution is 7.21. The largest absolute Gasteiger partial charge is 0.397 e. The van der Waals surface area contributed by atoms with Crippen molar-refractivity contribution in [3.63, 3.8) is 0 Å². The molecule has 1 aliphatic heterocycles. The van der Waals surface area contributed by atoms with Gasteiger partial charge in [0, 0.05) is 18.5 Å². The van der Waals surface area contributed by atoms with Crippen molar-refractivity contribution in [1.29, 1.82) is 0 Å². The molecule has 7 heteroatoms. The van der Waals surface area contributed by atoms with Gasteiger partial charge in [0.15, 0.2) is 0 Å². The molecule has 2 aromatic rings. The number of nitrogen functional groups attached to an aromatic ring is 1. The minimum Gasteiger partial charge on any atom is -0.397 e. The first-order valence-electron chi connectivity index (χ1n) is 6.41. The molecular formula is C13H16N4O2S. The molecule has 0 bridgehead atoms. The molecule has 0 spiro atoms. The lowest BCUT2D eigenvalue weighted by atomic mass is 10.1. The Morgan fingerprint density at radius 2 is 2.35 bits per heavy atom. The van der Waals surface area contributed by atoms with Crippen molar-refractivity contribution in [2.45, 2.75) is 19.4 Å². The second-order valence-corrected chi connectivity index (χ2v) is 6.43. The number of hydrogen-bond donors (Lipinski definition) is 1. The third-order valence-electron chi connectivity index (χ3n) is 3.33. The van der Waals surface area contributed by atoms with Gasteiger partial charge in [0.1, 0.15) is 9.71 Å². The van der Waals surface area contributed by atoms with Crippen LogP contribution in [0.15, 0.2) is 12.3 Å². The fourth-order valence-corrected chi connectivity index (χ4v) is 3.37. The highest BCUT2D eigenvalue weighted by Crippen LogP contribution is 2.33. The molecule has 2 N–H and O–H groups in total. The lowest BCUT2D eigenvalue weighted by molar-refractivity contribution is -0.0762. The highest BCUT2D eigenvalue weighted by atomic mass is 32.1. The molecule has 3 heterocycles. The standard InChI is InChI=1S/C13H16N4O2S/c1-13(2)7-17(5-6-19-13)12(18)10-9(14)8-3-4-15-16-11(8)20-10/h3-4H,5-7,14H2,1-2H3. The molecule has 0 atom stereocenters. The van der Waals surface area contributed by atoms with E-state index in [9.17, 15) is 4.79 Å². The van der Waals surface area contributed by atoms with Crippen LogP contribution in [-0.4, -0.2) is 46.3 Å². The van der Waals surface area contributed by atoms with Crippen LogP contribution in [0.3, 0.4) is 0 Å². The number of morpholine rings is 1. The predicted molar refractivity (Wildman–Crippen MR) is 77.8 cm³/mol. The second-order valence-electron chi connectivity index (χ2n) is 5.43. The maximum Gasteiger partial charge on any atom is 0.266 e. The van der Waals surface area contributed by atoms with Crippen LogP contribution in [0.4, 0.5) is 5.69 Å². The van der Waals surface area contributed by atoms with E-state index in [-0.39, 0.29) is 11.5 Å². The Kier molecular flexibility index (Phi) is 3.10. The molecule has 1 amide bonds. The quantitative estimate of drug-likeness (QED) is 0.862. The van der Waals surface area contributed by atoms with Gasteiger partial charge in [-0.1, -0.05) is 0 Å². The summed E-state index contributed by atoms with van der Waals surface area (Å²) >= 11 is 1.30. The monoisotopic (exact) mass is 292 g/mol. The van der Waals surface area contributed by atoms with E-state index in [0.29, 0.717) is 35.1 Å². The normalized spacial score (nSPS) is 18.4. The summed E-state index contributed by atoms with van der Waals surface area (Å²) in [5.74, 6) is -0.0538. The van der Waals surface area contributed by atoms with Gasteiger partial charge in [0.05, 0.1) is 24.1 Å². The van der Waals surface area contributed by atoms with Crippen LogP contribution in [0.5, 0.6) is 0 Å². The Labute approximate surface area is 120 Å². The summed E-state index contributed by atoms with van der Waals surface area (Å²) in [6.07, 6.45) is 1.58. The molecule has 20 heavy (non-hydrogen) atoms. The van der Waals surface area contributed by atoms with E-state index in [2.05, 4.69) is 10.2 Å². The number of aromatic nitrogens is 2. The third-order valence-corrected chi connectivity index (χ3v) is 4.42. The summed E-state index contributed by atoms with van der Waals surface area (Å²) in [7, 11) is 0. The molecule has 0 aliphatic carbocycles. The van der Waals surface area contributed by atoms with Crippen molar-refractivity contribution in [2.24, 2.45) is 0 Å². The number of anilines is 1. The topological polar surface area (TPSA) is 81.3 Å². The van der Waals surface area contributed by atoms with Crippen LogP contribution >= 0.6 is 11.3 Å². The number of carbonyl (C=O) groups is 1. The maximum atomic E-state index is 12.6. The molecular weight excluding hydrogens is 276 g/mol. The number of hydrogen-bond acceptors (Lipinski definition) is 6. The van der Waals surface area contributed by atoms with Crippen LogP contribution < -0.4 is 5.73 Å². The van der Waals surface area contributed by atoms with E-state index in [1.165, 1.54) is 11.3 Å². The lowest BCUT2D eigenvalue weighted by Gasteiger charge is -2.38. The highest BCUT2D eigenvalue weighted by Gasteiger charge is 2.32. The van der Waals surface area contributed by atoms with Gasteiger partial charge in [-0.05, 0) is 19.9 Å². The van der Waals surface area contributed by atoms with Crippen molar-refractivity contribution in [1.82, 2.24) is 15.1 Å². The maximum absolute atomic E-state index is 12.6. The first kappa shape index (κ1) is 13.3. The van der Waals surface area contributed by atoms with Gasteiger partial charge in [-0.3, -0.25) is 4.79 Å². The summed E-state index contributed by atoms with van der Waals surface area (Å²) in [5, 5.41) is 8.63. The molecule has 2 aromatic heterocycles. The van der Waals surface area contributed by atoms with Crippen molar-refractivity contribution in [3.8, 4) is 0 Å². The Balaban J connectivity index is 1.94. The van der Waals surface area contributed by atoms with Crippen molar-refractivity contribution in [3.05, 3.63) is 17.1 Å². The van der Waals surface area contributed by atoms with Gasteiger partial charge in [0.2, 0.25) is 0 Å². The first-order chi connectivity index (χ1) is 9.48. The number of ether oxygens (including phenoxy) is 1. The van der Waals surface area contributed by atoms with E-state index in [4.69, 9.17) is 10.5 Å². The number of rotatable bonds is 1. The number of nitrogens with two attached hydrogens (primary N) is 1. The van der Waals surface area contributed by atoms with Crippen LogP contribution in [0.2, 0.25) is 0 Å². The van der Waals surface area contributed by atoms with Gasteiger partial charge in [-0.15, -0.1) is 16.4 Å². The molecule has 1 aliphatic rings. The first-order valence-corrected chi connectivity index (χ1v) is 7.22. The molecule has 0 saturated carbocycles. The number of amides is 1. The van der Waals surface area contributed by atoms with Gasteiger partial charge in [-0.25, -0.2) is 0 Å². The number of carbonyl (C=O) groups excluding carboxylic acids is 1. The molecule has 0 unspecified atom stereocenters. The van der Waals surface area contributed by atoms with E-state index in [1.54, 1.807) is 17.2 Å². The van der Waals surface area contributed by atoms with Crippen molar-refractivity contribution in [2.75, 3.05) is 25.4 Å². The molecule has 3 rings (SSSR count). The fraction of sp³-hybridized carbons (Fsp3) is 0.462. The second kappa shape index (κ2) is 4.68. The Bertz CT molecular complexity index is 667. The van der Waals surface area contributed by atoms with E-state index in [0.717, 1.165) is 5.39 Å². The zero-order valence-corrected chi connectivity index (χ0v) is 12.2. The third kappa shape index (κ3) is 2.23. The van der Waals surface area contributed by atoms with E-state index < -0.39 is 0 Å². The zero-order chi connectivity index (χ0) is 14.3. The predicted octanol–water partition coefficient (Wildman–Crippen LogP) is 1.52. The summed E-state index contributed by atoms with van der Waals surface area (Å²) in [4.78, 5) is 15.7. The van der Waals surface area contributed by atoms with Gasteiger partial charge in [-0.2, -0.15) is 5.10 Å². The SMILES string of the molecule is CC1(C)CN(C(=O)c2sc3nnccc3c2N)CCO1. The van der Waals surface area contributed by atoms with Crippen molar-refractivity contribution >= 4 is 33.1 Å². The van der Waals surface area contributed by atoms with Crippen LogP contribution in [0, 0.1) is 0 Å². The Morgan fingerprint density at radius 1 is 1.55 bits per heavy atom. The van der Waals surface area contributed by atoms with Gasteiger partial charge in [0.25, 0.3) is 5.91 Å². The minimum atomic E-state index is -0.320. The smallest absolute Gasteiger partial charge is 0.266 e. The Morgan fingerprint density at radius 3 is 3.05 bits per heavy atom. The molecule has 0 aromatic carbocycles. The Hall–Kier alpha value is -1.73. The van der Waals surface area contributed by atoms with Gasteiger partial charge >= 0.3 is 0 Å². The fourth-order valence-electron chi connectivity index (χ4n) is 2.37. The van der Waals surface area contributed by atoms with Crippen LogP contribution in [0.1, 0.15) is 23.5 Å². The molecule has 0 radical (unpaired) electrons. The summed E-state index contributed by atoms with van der Waals surface area (Å²) in [6, 6.07) is 1.79.